The summed E-state index contributed by atoms with van der Waals surface area (Å²) >= 11 is 0. The minimum Gasteiger partial charge on any atom is -0.336 e. The maximum atomic E-state index is 12.9. The number of amides is 1. The predicted octanol–water partition coefficient (Wildman–Crippen LogP) is 2.42. The largest absolute Gasteiger partial charge is 0.336 e. The summed E-state index contributed by atoms with van der Waals surface area (Å²) in [6.45, 7) is 1.47. The van der Waals surface area contributed by atoms with Gasteiger partial charge in [0.05, 0.1) is 18.4 Å². The highest BCUT2D eigenvalue weighted by Gasteiger charge is 2.26. The van der Waals surface area contributed by atoms with Crippen molar-refractivity contribution in [2.24, 2.45) is 0 Å². The molecule has 1 saturated heterocycles. The fourth-order valence-corrected chi connectivity index (χ4v) is 3.37. The van der Waals surface area contributed by atoms with Gasteiger partial charge in [-0.3, -0.25) is 9.69 Å². The molecule has 8 heteroatoms. The molecule has 3 aromatic rings. The normalized spacial score (nSPS) is 15.6. The van der Waals surface area contributed by atoms with E-state index < -0.39 is 6.43 Å². The van der Waals surface area contributed by atoms with E-state index in [9.17, 15) is 13.6 Å². The van der Waals surface area contributed by atoms with Gasteiger partial charge in [0.1, 0.15) is 5.56 Å². The first-order valence-electron chi connectivity index (χ1n) is 8.81. The average Bonchev–Trinajstić information content (AvgIpc) is 3.12. The third-order valence-corrected chi connectivity index (χ3v) is 4.76. The first-order valence-corrected chi connectivity index (χ1v) is 8.81. The van der Waals surface area contributed by atoms with E-state index in [2.05, 4.69) is 10.1 Å². The van der Waals surface area contributed by atoms with Crippen LogP contribution >= 0.6 is 0 Å². The lowest BCUT2D eigenvalue weighted by Gasteiger charge is -2.34. The van der Waals surface area contributed by atoms with Gasteiger partial charge in [0, 0.05) is 37.9 Å². The molecule has 0 N–H and O–H groups in total. The second-order valence-corrected chi connectivity index (χ2v) is 6.47. The van der Waals surface area contributed by atoms with E-state index in [-0.39, 0.29) is 12.5 Å². The van der Waals surface area contributed by atoms with Crippen LogP contribution in [0.1, 0.15) is 10.4 Å². The molecule has 6 nitrogen and oxygen atoms in total. The van der Waals surface area contributed by atoms with Gasteiger partial charge in [0.15, 0.2) is 5.65 Å². The Labute approximate surface area is 155 Å². The van der Waals surface area contributed by atoms with Crippen LogP contribution in [0.2, 0.25) is 0 Å². The zero-order chi connectivity index (χ0) is 18.8. The maximum absolute atomic E-state index is 12.9. The molecule has 1 fully saturated rings. The first-order chi connectivity index (χ1) is 13.1. The van der Waals surface area contributed by atoms with Crippen LogP contribution < -0.4 is 0 Å². The van der Waals surface area contributed by atoms with Crippen molar-refractivity contribution in [2.45, 2.75) is 6.43 Å². The first kappa shape index (κ1) is 17.5. The summed E-state index contributed by atoms with van der Waals surface area (Å²) < 4.78 is 26.7. The van der Waals surface area contributed by atoms with Crippen molar-refractivity contribution in [3.63, 3.8) is 0 Å². The van der Waals surface area contributed by atoms with Crippen LogP contribution in [0.3, 0.4) is 0 Å². The molecule has 0 atom stereocenters. The molecule has 0 aliphatic carbocycles. The number of halogens is 2. The van der Waals surface area contributed by atoms with Crippen LogP contribution in [-0.4, -0.2) is 69.5 Å². The van der Waals surface area contributed by atoms with E-state index in [1.54, 1.807) is 20.5 Å². The number of hydrogen-bond donors (Lipinski definition) is 0. The Morgan fingerprint density at radius 1 is 1.07 bits per heavy atom. The highest BCUT2D eigenvalue weighted by molar-refractivity contribution is 6.00. The SMILES string of the molecule is O=C(c1cnn2c(-c3ccccc3)ccnc12)N1CCN(CC(F)F)CC1. The monoisotopic (exact) mass is 371 g/mol. The zero-order valence-corrected chi connectivity index (χ0v) is 14.6. The Bertz CT molecular complexity index is 936. The summed E-state index contributed by atoms with van der Waals surface area (Å²) in [4.78, 5) is 20.6. The molecule has 1 aliphatic rings. The summed E-state index contributed by atoms with van der Waals surface area (Å²) in [5.41, 5.74) is 2.75. The van der Waals surface area contributed by atoms with Crippen LogP contribution in [0.25, 0.3) is 16.9 Å². The third-order valence-electron chi connectivity index (χ3n) is 4.76. The summed E-state index contributed by atoms with van der Waals surface area (Å²) in [5.74, 6) is -0.167. The quantitative estimate of drug-likeness (QED) is 0.707. The fraction of sp³-hybridized carbons (Fsp3) is 0.316. The van der Waals surface area contributed by atoms with Crippen molar-refractivity contribution in [1.29, 1.82) is 0 Å². The third kappa shape index (κ3) is 3.52. The molecule has 0 saturated carbocycles. The van der Waals surface area contributed by atoms with Crippen molar-refractivity contribution in [3.8, 4) is 11.3 Å². The molecule has 4 rings (SSSR count). The van der Waals surface area contributed by atoms with Gasteiger partial charge in [-0.1, -0.05) is 30.3 Å². The summed E-state index contributed by atoms with van der Waals surface area (Å²) in [7, 11) is 0. The smallest absolute Gasteiger partial charge is 0.259 e. The van der Waals surface area contributed by atoms with Gasteiger partial charge in [0.25, 0.3) is 12.3 Å². The Morgan fingerprint density at radius 2 is 1.81 bits per heavy atom. The number of carbonyl (C=O) groups is 1. The Hall–Kier alpha value is -2.87. The van der Waals surface area contributed by atoms with E-state index in [1.165, 1.54) is 6.20 Å². The Kier molecular flexibility index (Phi) is 4.81. The Balaban J connectivity index is 1.57. The number of piperazine rings is 1. The number of carbonyl (C=O) groups excluding carboxylic acids is 1. The van der Waals surface area contributed by atoms with E-state index >= 15 is 0 Å². The minimum absolute atomic E-state index is 0.167. The van der Waals surface area contributed by atoms with Gasteiger partial charge in [-0.05, 0) is 6.07 Å². The van der Waals surface area contributed by atoms with E-state index in [0.29, 0.717) is 37.4 Å². The fourth-order valence-electron chi connectivity index (χ4n) is 3.37. The van der Waals surface area contributed by atoms with E-state index in [4.69, 9.17) is 0 Å². The maximum Gasteiger partial charge on any atom is 0.259 e. The lowest BCUT2D eigenvalue weighted by atomic mass is 10.1. The van der Waals surface area contributed by atoms with Gasteiger partial charge in [-0.2, -0.15) is 5.10 Å². The minimum atomic E-state index is -2.35. The number of fused-ring (bicyclic) bond motifs is 1. The van der Waals surface area contributed by atoms with Crippen LogP contribution in [0.4, 0.5) is 8.78 Å². The summed E-state index contributed by atoms with van der Waals surface area (Å²) in [6, 6.07) is 11.6. The summed E-state index contributed by atoms with van der Waals surface area (Å²) in [5, 5.41) is 4.36. The molecule has 1 amide bonds. The van der Waals surface area contributed by atoms with E-state index in [0.717, 1.165) is 11.3 Å². The molecule has 1 aliphatic heterocycles. The molecule has 1 aromatic carbocycles. The number of aromatic nitrogens is 3. The van der Waals surface area contributed by atoms with Crippen molar-refractivity contribution in [3.05, 3.63) is 54.4 Å². The molecular weight excluding hydrogens is 352 g/mol. The lowest BCUT2D eigenvalue weighted by Crippen LogP contribution is -2.49. The number of alkyl halides is 2. The average molecular weight is 371 g/mol. The molecule has 0 unspecified atom stereocenters. The number of benzene rings is 1. The molecule has 2 aromatic heterocycles. The van der Waals surface area contributed by atoms with Crippen LogP contribution in [0.15, 0.2) is 48.8 Å². The highest BCUT2D eigenvalue weighted by Crippen LogP contribution is 2.21. The molecule has 27 heavy (non-hydrogen) atoms. The molecule has 0 radical (unpaired) electrons. The van der Waals surface area contributed by atoms with Crippen molar-refractivity contribution in [1.82, 2.24) is 24.4 Å². The highest BCUT2D eigenvalue weighted by atomic mass is 19.3. The van der Waals surface area contributed by atoms with Crippen molar-refractivity contribution in [2.75, 3.05) is 32.7 Å². The number of nitrogens with zero attached hydrogens (tertiary/aromatic N) is 5. The van der Waals surface area contributed by atoms with Gasteiger partial charge in [0.2, 0.25) is 0 Å². The molecule has 0 spiro atoms. The van der Waals surface area contributed by atoms with Crippen LogP contribution in [0, 0.1) is 0 Å². The van der Waals surface area contributed by atoms with Gasteiger partial charge < -0.3 is 4.90 Å². The van der Waals surface area contributed by atoms with Gasteiger partial charge in [-0.15, -0.1) is 0 Å². The van der Waals surface area contributed by atoms with Gasteiger partial charge >= 0.3 is 0 Å². The molecular formula is C19H19F2N5O. The van der Waals surface area contributed by atoms with E-state index in [1.807, 2.05) is 36.4 Å². The van der Waals surface area contributed by atoms with Crippen molar-refractivity contribution < 1.29 is 13.6 Å². The topological polar surface area (TPSA) is 53.7 Å². The zero-order valence-electron chi connectivity index (χ0n) is 14.6. The second-order valence-electron chi connectivity index (χ2n) is 6.47. The Morgan fingerprint density at radius 3 is 2.52 bits per heavy atom. The molecule has 0 bridgehead atoms. The van der Waals surface area contributed by atoms with Crippen LogP contribution in [-0.2, 0) is 0 Å². The molecule has 140 valence electrons. The number of rotatable bonds is 4. The standard InChI is InChI=1S/C19H19F2N5O/c20-17(21)13-24-8-10-25(11-9-24)19(27)15-12-23-26-16(6-7-22-18(15)26)14-4-2-1-3-5-14/h1-7,12,17H,8-11,13H2. The van der Waals surface area contributed by atoms with Crippen LogP contribution in [0.5, 0.6) is 0 Å². The van der Waals surface area contributed by atoms with Gasteiger partial charge in [-0.25, -0.2) is 18.3 Å². The predicted molar refractivity (Wildman–Crippen MR) is 96.8 cm³/mol. The molecule has 3 heterocycles. The summed E-state index contributed by atoms with van der Waals surface area (Å²) in [6.07, 6.45) is 0.840. The second kappa shape index (κ2) is 7.40. The number of hydrogen-bond acceptors (Lipinski definition) is 4. The van der Waals surface area contributed by atoms with Crippen molar-refractivity contribution >= 4 is 11.6 Å². The lowest BCUT2D eigenvalue weighted by molar-refractivity contribution is 0.0460.